The minimum Gasteiger partial charge on any atom is -0.477 e. The third-order valence-corrected chi connectivity index (χ3v) is 17.6. The number of unbranched alkanes of at least 4 members (excludes halogenated alkanes) is 25. The molecule has 14 N–H and O–H groups in total. The van der Waals surface area contributed by atoms with Gasteiger partial charge in [-0.3, -0.25) is 9.59 Å². The van der Waals surface area contributed by atoms with Crippen LogP contribution >= 0.6 is 22.6 Å². The maximum absolute atomic E-state index is 13.4. The van der Waals surface area contributed by atoms with Gasteiger partial charge in [0.2, 0.25) is 5.91 Å². The average Bonchev–Trinajstić information content (AvgIpc) is 1.26. The normalized spacial score (nSPS) is 29.0. The number of amides is 2. The van der Waals surface area contributed by atoms with Crippen molar-refractivity contribution in [1.29, 1.82) is 0 Å². The van der Waals surface area contributed by atoms with E-state index in [-0.39, 0.29) is 17.9 Å². The van der Waals surface area contributed by atoms with Crippen molar-refractivity contribution >= 4 is 40.4 Å². The van der Waals surface area contributed by atoms with Crippen LogP contribution < -0.4 is 10.6 Å². The van der Waals surface area contributed by atoms with Gasteiger partial charge in [-0.2, -0.15) is 0 Å². The number of carbonyl (C=O) groups excluding carboxylic acids is 2. The van der Waals surface area contributed by atoms with Crippen LogP contribution in [0.3, 0.4) is 0 Å². The molecule has 0 bridgehead atoms. The van der Waals surface area contributed by atoms with Crippen LogP contribution in [0.15, 0.2) is 36.4 Å². The van der Waals surface area contributed by atoms with E-state index in [4.69, 9.17) is 28.4 Å². The molecule has 3 aliphatic heterocycles. The van der Waals surface area contributed by atoms with Crippen molar-refractivity contribution in [1.82, 2.24) is 10.6 Å². The summed E-state index contributed by atoms with van der Waals surface area (Å²) in [5.74, 6) is -6.25. The number of benzene rings is 1. The molecule has 3 heterocycles. The number of ether oxygens (including phenoxy) is 6. The average molecular weight is 1370 g/mol. The molecule has 24 heteroatoms. The van der Waals surface area contributed by atoms with E-state index in [9.17, 15) is 75.7 Å². The molecule has 18 atom stereocenters. The first kappa shape index (κ1) is 77.9. The number of halogens is 1. The van der Waals surface area contributed by atoms with Crippen molar-refractivity contribution in [3.8, 4) is 0 Å². The van der Waals surface area contributed by atoms with Gasteiger partial charge in [0, 0.05) is 22.0 Å². The summed E-state index contributed by atoms with van der Waals surface area (Å²) in [5, 5.41) is 138. The van der Waals surface area contributed by atoms with Gasteiger partial charge in [0.1, 0.15) is 67.1 Å². The Morgan fingerprint density at radius 1 is 0.682 bits per heavy atom. The summed E-state index contributed by atoms with van der Waals surface area (Å²) >= 11 is 1.96. The number of allylic oxidation sites excluding steroid dienone is 1. The van der Waals surface area contributed by atoms with Crippen LogP contribution in [0.4, 0.5) is 0 Å². The van der Waals surface area contributed by atoms with Crippen LogP contribution in [0.1, 0.15) is 210 Å². The third kappa shape index (κ3) is 26.1. The molecular weight excluding hydrogens is 1260 g/mol. The SMILES string of the molecule is CCCCCCCCCCCCC/C=C/[C@@H](O)[C@H](CO[C@@H]1O[C@H](CO)[C@@H](O[C@@H]2O[C@H](CO)[C@H](O)[C@H](O[C@]3(C(=O)O)C[C@H](O)[C@@H](NC(=O)c4cccc(I)c4)[C@H]([C@H](O)[C@H](O)CO)O3)[C@H]2O)[C@H](O)[C@H]1O)NC(=O)CCCCCCCCCCCCCCCCC. The van der Waals surface area contributed by atoms with Gasteiger partial charge in [0.25, 0.3) is 11.7 Å². The van der Waals surface area contributed by atoms with E-state index in [1.165, 1.54) is 128 Å². The minimum absolute atomic E-state index is 0.0983. The van der Waals surface area contributed by atoms with Gasteiger partial charge in [-0.25, -0.2) is 4.79 Å². The monoisotopic (exact) mass is 1370 g/mol. The second kappa shape index (κ2) is 43.3. The van der Waals surface area contributed by atoms with E-state index < -0.39 is 155 Å². The Labute approximate surface area is 534 Å². The predicted molar refractivity (Wildman–Crippen MR) is 334 cm³/mol. The quantitative estimate of drug-likeness (QED) is 0.0230. The van der Waals surface area contributed by atoms with Gasteiger partial charge in [-0.05, 0) is 60.1 Å². The zero-order valence-corrected chi connectivity index (χ0v) is 54.2. The smallest absolute Gasteiger partial charge is 0.364 e. The number of carbonyl (C=O) groups is 3. The standard InChI is InChI=1S/C64H109IN2O21/c1-3-5-7-9-11-13-15-17-18-20-22-24-26-28-30-35-50(74)66-44(45(71)34-29-27-25-23-21-19-16-14-12-10-8-6-4-2)41-83-61-55(78)54(77)57(49(40-70)85-61)86-62-56(79)59(53(76)48(39-69)84-62)88-64(63(81)82)37-46(72)51(58(87-64)52(75)47(73)38-68)67-60(80)42-32-31-33-43(65)36-42/h29,31-34,36,44-49,51-59,61-62,68-73,75-79H,3-28,30,35,37-41H2,1-2H3,(H,66,74)(H,67,80)(H,81,82)/b34-29+/t44-,45+,46-,47+,48+,49+,51+,52+,53-,54+,55+,56+,57+,58+,59-,61+,62-,64-/m0/s1. The molecular formula is C64H109IN2O21. The molecule has 3 aliphatic rings. The second-order valence-corrected chi connectivity index (χ2v) is 25.5. The van der Waals surface area contributed by atoms with Crippen LogP contribution in [0.5, 0.6) is 0 Å². The predicted octanol–water partition coefficient (Wildman–Crippen LogP) is 5.06. The Kier molecular flexibility index (Phi) is 38.4. The van der Waals surface area contributed by atoms with Crippen LogP contribution in [0.2, 0.25) is 0 Å². The fourth-order valence-corrected chi connectivity index (χ4v) is 12.1. The van der Waals surface area contributed by atoms with Gasteiger partial charge in [-0.15, -0.1) is 0 Å². The lowest BCUT2D eigenvalue weighted by molar-refractivity contribution is -0.386. The number of aliphatic hydroxyl groups excluding tert-OH is 11. The van der Waals surface area contributed by atoms with E-state index in [1.54, 1.807) is 18.2 Å². The first-order valence-electron chi connectivity index (χ1n) is 32.8. The van der Waals surface area contributed by atoms with Gasteiger partial charge < -0.3 is 100 Å². The Bertz CT molecular complexity index is 2100. The molecule has 2 amide bonds. The van der Waals surface area contributed by atoms with Crippen LogP contribution in [0.25, 0.3) is 0 Å². The number of rotatable bonds is 46. The third-order valence-electron chi connectivity index (χ3n) is 17.0. The summed E-state index contributed by atoms with van der Waals surface area (Å²) in [5.41, 5.74) is 0.0983. The highest BCUT2D eigenvalue weighted by molar-refractivity contribution is 14.1. The molecule has 1 aromatic carbocycles. The molecule has 23 nitrogen and oxygen atoms in total. The topological polar surface area (TPSA) is 373 Å². The van der Waals surface area contributed by atoms with Crippen molar-refractivity contribution in [2.24, 2.45) is 0 Å². The summed E-state index contributed by atoms with van der Waals surface area (Å²) in [4.78, 5) is 40.0. The van der Waals surface area contributed by atoms with E-state index in [0.29, 0.717) is 16.4 Å². The highest BCUT2D eigenvalue weighted by Crippen LogP contribution is 2.39. The summed E-state index contributed by atoms with van der Waals surface area (Å²) in [7, 11) is 0. The van der Waals surface area contributed by atoms with Crippen LogP contribution in [-0.4, -0.2) is 215 Å². The Hall–Kier alpha value is -2.58. The fourth-order valence-electron chi connectivity index (χ4n) is 11.6. The van der Waals surface area contributed by atoms with E-state index in [2.05, 4.69) is 24.5 Å². The Morgan fingerprint density at radius 2 is 1.22 bits per heavy atom. The van der Waals surface area contributed by atoms with Crippen molar-refractivity contribution in [3.63, 3.8) is 0 Å². The van der Waals surface area contributed by atoms with Gasteiger partial charge in [0.15, 0.2) is 12.6 Å². The van der Waals surface area contributed by atoms with Crippen molar-refractivity contribution < 1.29 is 104 Å². The van der Waals surface area contributed by atoms with E-state index in [1.807, 2.05) is 28.7 Å². The Morgan fingerprint density at radius 3 is 1.74 bits per heavy atom. The lowest BCUT2D eigenvalue weighted by atomic mass is 9.88. The summed E-state index contributed by atoms with van der Waals surface area (Å²) < 4.78 is 35.7. The summed E-state index contributed by atoms with van der Waals surface area (Å²) in [6.45, 7) is 1.01. The minimum atomic E-state index is -3.13. The first-order valence-corrected chi connectivity index (χ1v) is 33.9. The molecule has 3 saturated heterocycles. The molecule has 1 aromatic rings. The molecule has 508 valence electrons. The molecule has 0 aromatic heterocycles. The molecule has 0 spiro atoms. The fraction of sp³-hybridized carbons (Fsp3) is 0.828. The number of hydrogen-bond donors (Lipinski definition) is 14. The number of aliphatic hydroxyl groups is 11. The number of carboxylic acid groups (broad SMARTS) is 1. The van der Waals surface area contributed by atoms with Gasteiger partial charge in [0.05, 0.1) is 50.7 Å². The molecule has 0 saturated carbocycles. The lowest BCUT2D eigenvalue weighted by Gasteiger charge is -2.50. The largest absolute Gasteiger partial charge is 0.477 e. The molecule has 0 unspecified atom stereocenters. The highest BCUT2D eigenvalue weighted by Gasteiger charge is 2.60. The van der Waals surface area contributed by atoms with Crippen molar-refractivity contribution in [3.05, 3.63) is 45.6 Å². The van der Waals surface area contributed by atoms with Crippen molar-refractivity contribution in [2.75, 3.05) is 26.4 Å². The van der Waals surface area contributed by atoms with Crippen LogP contribution in [-0.2, 0) is 38.0 Å². The lowest BCUT2D eigenvalue weighted by Crippen LogP contribution is -2.71. The summed E-state index contributed by atoms with van der Waals surface area (Å²) in [6.07, 6.45) is 5.09. The maximum atomic E-state index is 13.4. The number of hydrogen-bond acceptors (Lipinski definition) is 20. The van der Waals surface area contributed by atoms with Crippen LogP contribution in [0, 0.1) is 3.57 Å². The number of nitrogens with one attached hydrogen (secondary N) is 2. The molecule has 0 radical (unpaired) electrons. The number of aliphatic carboxylic acids is 1. The molecule has 4 rings (SSSR count). The van der Waals surface area contributed by atoms with Gasteiger partial charge in [-0.1, -0.05) is 186 Å². The second-order valence-electron chi connectivity index (χ2n) is 24.2. The van der Waals surface area contributed by atoms with E-state index >= 15 is 0 Å². The first-order chi connectivity index (χ1) is 42.4. The number of carboxylic acids is 1. The van der Waals surface area contributed by atoms with Crippen molar-refractivity contribution in [2.45, 2.75) is 310 Å². The van der Waals surface area contributed by atoms with E-state index in [0.717, 1.165) is 44.9 Å². The summed E-state index contributed by atoms with van der Waals surface area (Å²) in [6, 6.07) is 3.50. The maximum Gasteiger partial charge on any atom is 0.364 e. The Balaban J connectivity index is 1.40. The van der Waals surface area contributed by atoms with Gasteiger partial charge >= 0.3 is 5.97 Å². The zero-order valence-electron chi connectivity index (χ0n) is 52.0. The zero-order chi connectivity index (χ0) is 64.4. The molecule has 0 aliphatic carbocycles. The molecule has 88 heavy (non-hydrogen) atoms. The highest BCUT2D eigenvalue weighted by atomic mass is 127. The molecule has 3 fully saturated rings.